The van der Waals surface area contributed by atoms with Gasteiger partial charge in [0.2, 0.25) is 0 Å². The minimum atomic E-state index is -5.08. The number of imidazole rings is 1. The fourth-order valence-corrected chi connectivity index (χ4v) is 3.31. The Morgan fingerprint density at radius 2 is 2.11 bits per heavy atom. The van der Waals surface area contributed by atoms with Crippen LogP contribution in [0.1, 0.15) is 17.8 Å². The van der Waals surface area contributed by atoms with E-state index in [1.165, 1.54) is 5.01 Å². The van der Waals surface area contributed by atoms with Crippen LogP contribution < -0.4 is 0 Å². The Morgan fingerprint density at radius 3 is 2.70 bits per heavy atom. The van der Waals surface area contributed by atoms with Gasteiger partial charge >= 0.3 is 12.1 Å². The second kappa shape index (κ2) is 9.81. The molecule has 0 aromatic carbocycles. The van der Waals surface area contributed by atoms with Crippen LogP contribution in [-0.2, 0) is 29.2 Å². The minimum absolute atomic E-state index is 0.505. The lowest BCUT2D eigenvalue weighted by Crippen LogP contribution is -2.30. The molecule has 0 spiro atoms. The van der Waals surface area contributed by atoms with Crippen molar-refractivity contribution >= 4 is 17.3 Å². The summed E-state index contributed by atoms with van der Waals surface area (Å²) in [4.78, 5) is 20.2. The van der Waals surface area contributed by atoms with Gasteiger partial charge in [0.05, 0.1) is 19.7 Å². The third kappa shape index (κ3) is 6.92. The maximum absolute atomic E-state index is 10.6. The van der Waals surface area contributed by atoms with Crippen molar-refractivity contribution in [2.45, 2.75) is 32.7 Å². The van der Waals surface area contributed by atoms with E-state index in [-0.39, 0.29) is 0 Å². The van der Waals surface area contributed by atoms with Gasteiger partial charge in [0.1, 0.15) is 10.8 Å². The van der Waals surface area contributed by atoms with Crippen LogP contribution in [-0.4, -0.2) is 56.4 Å². The fraction of sp³-hybridized carbons (Fsp3) is 0.562. The van der Waals surface area contributed by atoms with Gasteiger partial charge in [-0.05, 0) is 6.92 Å². The molecule has 3 heterocycles. The van der Waals surface area contributed by atoms with E-state index < -0.39 is 12.1 Å². The van der Waals surface area contributed by atoms with Crippen molar-refractivity contribution in [3.05, 3.63) is 34.8 Å². The number of carboxylic acid groups (broad SMARTS) is 1. The number of carbonyl (C=O) groups is 1. The predicted octanol–water partition coefficient (Wildman–Crippen LogP) is 2.64. The maximum atomic E-state index is 10.6. The number of alkyl halides is 3. The quantitative estimate of drug-likeness (QED) is 0.822. The lowest BCUT2D eigenvalue weighted by atomic mass is 10.1. The van der Waals surface area contributed by atoms with Gasteiger partial charge < -0.3 is 14.4 Å². The first kappa shape index (κ1) is 21.3. The zero-order valence-corrected chi connectivity index (χ0v) is 15.5. The van der Waals surface area contributed by atoms with Crippen molar-refractivity contribution < 1.29 is 27.8 Å². The molecule has 7 nitrogen and oxygen atoms in total. The van der Waals surface area contributed by atoms with Crippen molar-refractivity contribution in [2.24, 2.45) is 5.92 Å². The molecule has 27 heavy (non-hydrogen) atoms. The van der Waals surface area contributed by atoms with Crippen LogP contribution >= 0.6 is 11.3 Å². The molecule has 1 aliphatic heterocycles. The van der Waals surface area contributed by atoms with E-state index in [4.69, 9.17) is 14.6 Å². The Bertz CT molecular complexity index is 706. The Morgan fingerprint density at radius 1 is 1.37 bits per heavy atom. The van der Waals surface area contributed by atoms with Crippen molar-refractivity contribution in [3.8, 4) is 0 Å². The van der Waals surface area contributed by atoms with E-state index in [0.717, 1.165) is 45.2 Å². The number of halogens is 3. The van der Waals surface area contributed by atoms with Crippen LogP contribution in [0.15, 0.2) is 24.0 Å². The summed E-state index contributed by atoms with van der Waals surface area (Å²) in [7, 11) is 0. The molecule has 0 aliphatic carbocycles. The predicted molar refractivity (Wildman–Crippen MR) is 92.1 cm³/mol. The summed E-state index contributed by atoms with van der Waals surface area (Å²) in [5.41, 5.74) is 0. The van der Waals surface area contributed by atoms with E-state index in [1.54, 1.807) is 11.3 Å². The summed E-state index contributed by atoms with van der Waals surface area (Å²) in [6.07, 6.45) is 0.748. The smallest absolute Gasteiger partial charge is 0.475 e. The highest BCUT2D eigenvalue weighted by atomic mass is 32.1. The van der Waals surface area contributed by atoms with Crippen LogP contribution in [0.4, 0.5) is 13.2 Å². The van der Waals surface area contributed by atoms with Gasteiger partial charge in [0.15, 0.2) is 0 Å². The standard InChI is InChI=1S/C14H20N4OS.C2HF3O2/c1-2-19-11-12-7-17(10-14-16-4-6-20-14)9-13-15-3-5-18(13)8-12;3-2(4,5)1(6)7/h3-6,12H,2,7-11H2,1H3;(H,6,7). The summed E-state index contributed by atoms with van der Waals surface area (Å²) < 4.78 is 39.6. The maximum Gasteiger partial charge on any atom is 0.490 e. The van der Waals surface area contributed by atoms with E-state index in [1.807, 2.05) is 24.7 Å². The lowest BCUT2D eigenvalue weighted by Gasteiger charge is -2.22. The Balaban J connectivity index is 0.000000321. The third-order valence-corrected chi connectivity index (χ3v) is 4.54. The normalized spacial score (nSPS) is 17.6. The number of ether oxygens (including phenoxy) is 1. The summed E-state index contributed by atoms with van der Waals surface area (Å²) in [5.74, 6) is -1.11. The minimum Gasteiger partial charge on any atom is -0.475 e. The van der Waals surface area contributed by atoms with Crippen molar-refractivity contribution in [2.75, 3.05) is 19.8 Å². The number of hydrogen-bond donors (Lipinski definition) is 1. The van der Waals surface area contributed by atoms with E-state index in [9.17, 15) is 13.2 Å². The molecule has 0 bridgehead atoms. The first-order valence-electron chi connectivity index (χ1n) is 8.28. The van der Waals surface area contributed by atoms with Crippen molar-refractivity contribution in [1.82, 2.24) is 19.4 Å². The molecule has 1 unspecified atom stereocenters. The van der Waals surface area contributed by atoms with Gasteiger partial charge in [-0.3, -0.25) is 4.90 Å². The van der Waals surface area contributed by atoms with E-state index in [2.05, 4.69) is 25.6 Å². The molecule has 150 valence electrons. The highest BCUT2D eigenvalue weighted by Crippen LogP contribution is 2.19. The molecule has 2 aromatic rings. The summed E-state index contributed by atoms with van der Waals surface area (Å²) in [6, 6.07) is 0. The lowest BCUT2D eigenvalue weighted by molar-refractivity contribution is -0.192. The number of carboxylic acids is 1. The molecule has 0 amide bonds. The van der Waals surface area contributed by atoms with Crippen molar-refractivity contribution in [1.29, 1.82) is 0 Å². The molecule has 0 saturated carbocycles. The van der Waals surface area contributed by atoms with E-state index >= 15 is 0 Å². The van der Waals surface area contributed by atoms with Gasteiger partial charge in [-0.1, -0.05) is 0 Å². The molecule has 0 fully saturated rings. The summed E-state index contributed by atoms with van der Waals surface area (Å²) >= 11 is 1.71. The average molecular weight is 406 g/mol. The Labute approximate surface area is 158 Å². The summed E-state index contributed by atoms with van der Waals surface area (Å²) in [6.45, 7) is 7.43. The number of aromatic nitrogens is 3. The number of thiazole rings is 1. The van der Waals surface area contributed by atoms with Crippen LogP contribution in [0.3, 0.4) is 0 Å². The number of aliphatic carboxylic acids is 1. The Hall–Kier alpha value is -1.98. The third-order valence-electron chi connectivity index (χ3n) is 3.78. The fourth-order valence-electron chi connectivity index (χ4n) is 2.66. The largest absolute Gasteiger partial charge is 0.490 e. The zero-order chi connectivity index (χ0) is 19.9. The van der Waals surface area contributed by atoms with Gasteiger partial charge in [-0.25, -0.2) is 14.8 Å². The van der Waals surface area contributed by atoms with Crippen LogP contribution in [0.2, 0.25) is 0 Å². The summed E-state index contributed by atoms with van der Waals surface area (Å²) in [5, 5.41) is 10.3. The monoisotopic (exact) mass is 406 g/mol. The highest BCUT2D eigenvalue weighted by molar-refractivity contribution is 7.09. The molecule has 0 radical (unpaired) electrons. The van der Waals surface area contributed by atoms with Gasteiger partial charge in [-0.2, -0.15) is 13.2 Å². The second-order valence-corrected chi connectivity index (χ2v) is 6.90. The molecule has 3 rings (SSSR count). The van der Waals surface area contributed by atoms with Crippen LogP contribution in [0, 0.1) is 5.92 Å². The topological polar surface area (TPSA) is 80.5 Å². The second-order valence-electron chi connectivity index (χ2n) is 5.92. The number of fused-ring (bicyclic) bond motifs is 1. The van der Waals surface area contributed by atoms with E-state index in [0.29, 0.717) is 5.92 Å². The molecule has 1 atom stereocenters. The highest BCUT2D eigenvalue weighted by Gasteiger charge is 2.38. The van der Waals surface area contributed by atoms with Gasteiger partial charge in [-0.15, -0.1) is 11.3 Å². The Kier molecular flexibility index (Phi) is 7.75. The molecule has 1 N–H and O–H groups in total. The van der Waals surface area contributed by atoms with Crippen LogP contribution in [0.25, 0.3) is 0 Å². The van der Waals surface area contributed by atoms with Gasteiger partial charge in [0, 0.05) is 49.6 Å². The molecule has 2 aromatic heterocycles. The first-order chi connectivity index (χ1) is 12.8. The van der Waals surface area contributed by atoms with Gasteiger partial charge in [0.25, 0.3) is 0 Å². The molecular formula is C16H21F3N4O3S. The SMILES string of the molecule is CCOCC1CN(Cc2nccs2)Cc2nccn2C1.O=C(O)C(F)(F)F. The molecular weight excluding hydrogens is 385 g/mol. The van der Waals surface area contributed by atoms with Crippen LogP contribution in [0.5, 0.6) is 0 Å². The first-order valence-corrected chi connectivity index (χ1v) is 9.16. The zero-order valence-electron chi connectivity index (χ0n) is 14.7. The van der Waals surface area contributed by atoms with Crippen molar-refractivity contribution in [3.63, 3.8) is 0 Å². The number of rotatable bonds is 5. The number of hydrogen-bond acceptors (Lipinski definition) is 6. The molecule has 1 aliphatic rings. The molecule has 0 saturated heterocycles. The molecule has 11 heteroatoms. The average Bonchev–Trinajstić information content (AvgIpc) is 3.22. The number of nitrogens with zero attached hydrogens (tertiary/aromatic N) is 4.